The third-order valence-corrected chi connectivity index (χ3v) is 2.21. The molecule has 18 heavy (non-hydrogen) atoms. The number of carbonyl (C=O) groups excluding carboxylic acids is 1. The molecule has 0 aliphatic rings. The van der Waals surface area contributed by atoms with E-state index in [4.69, 9.17) is 0 Å². The van der Waals surface area contributed by atoms with Crippen LogP contribution in [0, 0.1) is 15.9 Å². The predicted octanol–water partition coefficient (Wildman–Crippen LogP) is 1.67. The summed E-state index contributed by atoms with van der Waals surface area (Å²) in [5.41, 5.74) is -0.295. The largest absolute Gasteiger partial charge is 0.326 e. The lowest BCUT2D eigenvalue weighted by Gasteiger charge is -2.05. The molecular formula is C11H14FN3O3. The van der Waals surface area contributed by atoms with Crippen molar-refractivity contribution in [2.75, 3.05) is 18.9 Å². The lowest BCUT2D eigenvalue weighted by Crippen LogP contribution is -2.15. The van der Waals surface area contributed by atoms with Gasteiger partial charge in [-0.2, -0.15) is 0 Å². The number of nitro benzene ring substituents is 1. The molecule has 0 saturated carbocycles. The summed E-state index contributed by atoms with van der Waals surface area (Å²) in [7, 11) is 1.77. The zero-order valence-corrected chi connectivity index (χ0v) is 9.90. The van der Waals surface area contributed by atoms with Crippen LogP contribution in [0.1, 0.15) is 12.8 Å². The molecule has 0 atom stereocenters. The van der Waals surface area contributed by atoms with Gasteiger partial charge < -0.3 is 10.6 Å². The van der Waals surface area contributed by atoms with Crippen molar-refractivity contribution in [2.24, 2.45) is 0 Å². The number of benzene rings is 1. The molecule has 1 aromatic carbocycles. The molecule has 6 nitrogen and oxygen atoms in total. The molecular weight excluding hydrogens is 241 g/mol. The van der Waals surface area contributed by atoms with Crippen molar-refractivity contribution in [1.82, 2.24) is 5.32 Å². The first-order valence-electron chi connectivity index (χ1n) is 5.42. The average Bonchev–Trinajstić information content (AvgIpc) is 2.28. The number of hydrogen-bond acceptors (Lipinski definition) is 4. The summed E-state index contributed by atoms with van der Waals surface area (Å²) < 4.78 is 13.1. The maximum atomic E-state index is 13.1. The van der Waals surface area contributed by atoms with Crippen LogP contribution in [0.3, 0.4) is 0 Å². The first-order valence-corrected chi connectivity index (χ1v) is 5.42. The Kier molecular flexibility index (Phi) is 5.19. The minimum atomic E-state index is -0.755. The van der Waals surface area contributed by atoms with Gasteiger partial charge in [-0.25, -0.2) is 4.39 Å². The van der Waals surface area contributed by atoms with Gasteiger partial charge in [0.15, 0.2) is 0 Å². The van der Waals surface area contributed by atoms with Gasteiger partial charge >= 0.3 is 0 Å². The molecule has 1 rings (SSSR count). The molecule has 98 valence electrons. The van der Waals surface area contributed by atoms with E-state index in [0.717, 1.165) is 18.2 Å². The minimum Gasteiger partial charge on any atom is -0.326 e. The Morgan fingerprint density at radius 1 is 1.44 bits per heavy atom. The van der Waals surface area contributed by atoms with Crippen LogP contribution in [0.2, 0.25) is 0 Å². The van der Waals surface area contributed by atoms with Gasteiger partial charge in [-0.1, -0.05) is 0 Å². The molecule has 1 aromatic rings. The van der Waals surface area contributed by atoms with E-state index in [1.807, 2.05) is 0 Å². The highest BCUT2D eigenvalue weighted by molar-refractivity contribution is 5.91. The van der Waals surface area contributed by atoms with E-state index in [1.54, 1.807) is 7.05 Å². The van der Waals surface area contributed by atoms with Crippen LogP contribution in [0.15, 0.2) is 18.2 Å². The first kappa shape index (κ1) is 14.0. The van der Waals surface area contributed by atoms with E-state index in [1.165, 1.54) is 0 Å². The molecule has 2 N–H and O–H groups in total. The second-order valence-corrected chi connectivity index (χ2v) is 3.71. The van der Waals surface area contributed by atoms with Crippen LogP contribution >= 0.6 is 0 Å². The third kappa shape index (κ3) is 4.46. The van der Waals surface area contributed by atoms with Crippen LogP contribution in [0.5, 0.6) is 0 Å². The third-order valence-electron chi connectivity index (χ3n) is 2.21. The van der Waals surface area contributed by atoms with Crippen LogP contribution in [-0.2, 0) is 4.79 Å². The van der Waals surface area contributed by atoms with Gasteiger partial charge in [-0.15, -0.1) is 0 Å². The van der Waals surface area contributed by atoms with Crippen LogP contribution < -0.4 is 10.6 Å². The van der Waals surface area contributed by atoms with E-state index in [-0.39, 0.29) is 23.7 Å². The zero-order valence-electron chi connectivity index (χ0n) is 9.90. The number of nitrogens with zero attached hydrogens (tertiary/aromatic N) is 1. The number of nitrogens with one attached hydrogen (secondary N) is 2. The Morgan fingerprint density at radius 2 is 2.17 bits per heavy atom. The molecule has 0 aromatic heterocycles. The molecule has 0 fully saturated rings. The molecule has 0 aliphatic heterocycles. The molecule has 0 unspecified atom stereocenters. The fourth-order valence-corrected chi connectivity index (χ4v) is 1.40. The Bertz CT molecular complexity index is 451. The predicted molar refractivity (Wildman–Crippen MR) is 64.8 cm³/mol. The van der Waals surface area contributed by atoms with Crippen molar-refractivity contribution in [3.05, 3.63) is 34.1 Å². The van der Waals surface area contributed by atoms with Crippen LogP contribution in [0.4, 0.5) is 15.8 Å². The van der Waals surface area contributed by atoms with Crippen molar-refractivity contribution < 1.29 is 14.1 Å². The molecule has 7 heteroatoms. The van der Waals surface area contributed by atoms with Gasteiger partial charge in [-0.05, 0) is 26.1 Å². The standard InChI is InChI=1S/C11H14FN3O3/c1-13-4-2-3-11(16)14-9-5-8(12)6-10(7-9)15(17)18/h5-7,13H,2-4H2,1H3,(H,14,16). The van der Waals surface area contributed by atoms with Gasteiger partial charge in [0.05, 0.1) is 16.7 Å². The summed E-state index contributed by atoms with van der Waals surface area (Å²) in [6.45, 7) is 0.691. The molecule has 1 amide bonds. The number of carbonyl (C=O) groups is 1. The monoisotopic (exact) mass is 255 g/mol. The lowest BCUT2D eigenvalue weighted by atomic mass is 10.2. The number of anilines is 1. The lowest BCUT2D eigenvalue weighted by molar-refractivity contribution is -0.385. The van der Waals surface area contributed by atoms with E-state index in [0.29, 0.717) is 13.0 Å². The molecule has 0 saturated heterocycles. The van der Waals surface area contributed by atoms with Crippen molar-refractivity contribution in [3.63, 3.8) is 0 Å². The minimum absolute atomic E-state index is 0.0937. The molecule has 0 radical (unpaired) electrons. The van der Waals surface area contributed by atoms with Crippen LogP contribution in [-0.4, -0.2) is 24.4 Å². The maximum absolute atomic E-state index is 13.1. The molecule has 0 heterocycles. The Balaban J connectivity index is 2.66. The van der Waals surface area contributed by atoms with Crippen molar-refractivity contribution >= 4 is 17.3 Å². The van der Waals surface area contributed by atoms with E-state index in [2.05, 4.69) is 10.6 Å². The second-order valence-electron chi connectivity index (χ2n) is 3.71. The number of amides is 1. The van der Waals surface area contributed by atoms with E-state index < -0.39 is 10.7 Å². The van der Waals surface area contributed by atoms with Gasteiger partial charge in [0, 0.05) is 12.5 Å². The van der Waals surface area contributed by atoms with E-state index in [9.17, 15) is 19.3 Å². The van der Waals surface area contributed by atoms with E-state index >= 15 is 0 Å². The quantitative estimate of drug-likeness (QED) is 0.460. The molecule has 0 aliphatic carbocycles. The first-order chi connectivity index (χ1) is 8.52. The highest BCUT2D eigenvalue weighted by Gasteiger charge is 2.11. The SMILES string of the molecule is CNCCCC(=O)Nc1cc(F)cc([N+](=O)[O-])c1. The van der Waals surface area contributed by atoms with Crippen molar-refractivity contribution in [2.45, 2.75) is 12.8 Å². The summed E-state index contributed by atoms with van der Waals surface area (Å²) >= 11 is 0. The fraction of sp³-hybridized carbons (Fsp3) is 0.364. The molecule has 0 spiro atoms. The van der Waals surface area contributed by atoms with Gasteiger partial charge in [-0.3, -0.25) is 14.9 Å². The van der Waals surface area contributed by atoms with Gasteiger partial charge in [0.2, 0.25) is 5.91 Å². The summed E-state index contributed by atoms with van der Waals surface area (Å²) in [6, 6.07) is 2.97. The van der Waals surface area contributed by atoms with Gasteiger partial charge in [0.25, 0.3) is 5.69 Å². The summed E-state index contributed by atoms with van der Waals surface area (Å²) in [6.07, 6.45) is 0.908. The Morgan fingerprint density at radius 3 is 2.78 bits per heavy atom. The highest BCUT2D eigenvalue weighted by atomic mass is 19.1. The summed E-state index contributed by atoms with van der Waals surface area (Å²) in [5, 5.41) is 15.8. The Hall–Kier alpha value is -2.02. The topological polar surface area (TPSA) is 84.3 Å². The van der Waals surface area contributed by atoms with Gasteiger partial charge in [0.1, 0.15) is 5.82 Å². The summed E-state index contributed by atoms with van der Waals surface area (Å²) in [4.78, 5) is 21.3. The van der Waals surface area contributed by atoms with Crippen molar-refractivity contribution in [1.29, 1.82) is 0 Å². The average molecular weight is 255 g/mol. The maximum Gasteiger partial charge on any atom is 0.274 e. The number of rotatable bonds is 6. The highest BCUT2D eigenvalue weighted by Crippen LogP contribution is 2.20. The zero-order chi connectivity index (χ0) is 13.5. The van der Waals surface area contributed by atoms with Crippen LogP contribution in [0.25, 0.3) is 0 Å². The molecule has 0 bridgehead atoms. The number of hydrogen-bond donors (Lipinski definition) is 2. The smallest absolute Gasteiger partial charge is 0.274 e. The fourth-order valence-electron chi connectivity index (χ4n) is 1.40. The summed E-state index contributed by atoms with van der Waals surface area (Å²) in [5.74, 6) is -1.06. The normalized spacial score (nSPS) is 10.1. The number of halogens is 1. The number of non-ortho nitro benzene ring substituents is 1. The number of nitro groups is 1. The van der Waals surface area contributed by atoms with Crippen molar-refractivity contribution in [3.8, 4) is 0 Å². The second kappa shape index (κ2) is 6.65. The Labute approximate surface area is 103 Å².